The van der Waals surface area contributed by atoms with Gasteiger partial charge in [0, 0.05) is 25.3 Å². The van der Waals surface area contributed by atoms with Gasteiger partial charge in [0.1, 0.15) is 6.04 Å². The molecule has 8 nitrogen and oxygen atoms in total. The number of hydrogen-bond acceptors (Lipinski definition) is 6. The lowest BCUT2D eigenvalue weighted by molar-refractivity contribution is -0.144. The van der Waals surface area contributed by atoms with Gasteiger partial charge in [-0.3, -0.25) is 19.2 Å². The number of amides is 2. The molecule has 2 amide bonds. The first-order valence-corrected chi connectivity index (χ1v) is 15.8. The summed E-state index contributed by atoms with van der Waals surface area (Å²) in [7, 11) is 0. The van der Waals surface area contributed by atoms with Crippen molar-refractivity contribution in [2.45, 2.75) is 91.6 Å². The Balaban J connectivity index is 1.38. The molecule has 4 aliphatic rings. The number of alkyl carbamates (subject to hydrolysis) is 1. The molecule has 1 N–H and O–H groups in total. The van der Waals surface area contributed by atoms with E-state index in [1.807, 2.05) is 26.0 Å². The summed E-state index contributed by atoms with van der Waals surface area (Å²) in [5, 5.41) is 2.89. The van der Waals surface area contributed by atoms with Crippen molar-refractivity contribution in [2.75, 3.05) is 13.2 Å². The fourth-order valence-electron chi connectivity index (χ4n) is 7.49. The van der Waals surface area contributed by atoms with Gasteiger partial charge < -0.3 is 15.0 Å². The number of nitrogens with zero attached hydrogens (tertiary/aromatic N) is 1. The van der Waals surface area contributed by atoms with Gasteiger partial charge in [0.25, 0.3) is 0 Å². The Morgan fingerprint density at radius 3 is 2.26 bits per heavy atom. The molecule has 0 radical (unpaired) electrons. The second kappa shape index (κ2) is 11.9. The molecule has 1 saturated heterocycles. The Hall–Kier alpha value is -3.03. The molecule has 2 unspecified atom stereocenters. The van der Waals surface area contributed by atoms with Gasteiger partial charge in [-0.15, -0.1) is 0 Å². The van der Waals surface area contributed by atoms with E-state index in [4.69, 9.17) is 4.74 Å². The molecule has 1 aromatic carbocycles. The Kier molecular flexibility index (Phi) is 8.64. The molecule has 0 spiro atoms. The van der Waals surface area contributed by atoms with Crippen molar-refractivity contribution in [3.63, 3.8) is 0 Å². The molecule has 42 heavy (non-hydrogen) atoms. The third-order valence-electron chi connectivity index (χ3n) is 10.2. The van der Waals surface area contributed by atoms with E-state index in [1.54, 1.807) is 11.8 Å². The normalized spacial score (nSPS) is 25.4. The zero-order valence-corrected chi connectivity index (χ0v) is 25.7. The summed E-state index contributed by atoms with van der Waals surface area (Å²) < 4.78 is 5.42. The number of fused-ring (bicyclic) bond motifs is 2. The van der Waals surface area contributed by atoms with E-state index >= 15 is 0 Å². The molecule has 5 rings (SSSR count). The number of likely N-dealkylation sites (tertiary alicyclic amines) is 1. The fourth-order valence-corrected chi connectivity index (χ4v) is 7.49. The highest BCUT2D eigenvalue weighted by atomic mass is 16.5. The van der Waals surface area contributed by atoms with Crippen LogP contribution in [-0.2, 0) is 36.8 Å². The molecule has 3 fully saturated rings. The van der Waals surface area contributed by atoms with Crippen LogP contribution in [0.2, 0.25) is 0 Å². The predicted molar refractivity (Wildman–Crippen MR) is 157 cm³/mol. The van der Waals surface area contributed by atoms with Gasteiger partial charge in [-0.2, -0.15) is 0 Å². The number of rotatable bonds is 13. The largest absolute Gasteiger partial charge is 0.449 e. The Morgan fingerprint density at radius 1 is 1.05 bits per heavy atom. The minimum Gasteiger partial charge on any atom is -0.449 e. The van der Waals surface area contributed by atoms with Crippen molar-refractivity contribution >= 4 is 29.4 Å². The number of piperidine rings is 1. The minimum absolute atomic E-state index is 0.00169. The highest BCUT2D eigenvalue weighted by Crippen LogP contribution is 2.65. The van der Waals surface area contributed by atoms with Crippen molar-refractivity contribution in [1.82, 2.24) is 10.2 Å². The van der Waals surface area contributed by atoms with Crippen LogP contribution in [0.5, 0.6) is 0 Å². The molecule has 0 bridgehead atoms. The maximum Gasteiger partial charge on any atom is 0.407 e. The van der Waals surface area contributed by atoms with Crippen LogP contribution in [0.1, 0.15) is 77.8 Å². The Bertz CT molecular complexity index is 1230. The number of nitrogens with one attached hydrogen (secondary N) is 1. The molecule has 2 saturated carbocycles. The number of hydrogen-bond donors (Lipinski definition) is 1. The van der Waals surface area contributed by atoms with E-state index in [2.05, 4.69) is 31.3 Å². The first kappa shape index (κ1) is 30.4. The summed E-state index contributed by atoms with van der Waals surface area (Å²) in [6.07, 6.45) is 3.39. The van der Waals surface area contributed by atoms with Crippen molar-refractivity contribution in [1.29, 1.82) is 0 Å². The van der Waals surface area contributed by atoms with Crippen molar-refractivity contribution in [2.24, 2.45) is 40.9 Å². The van der Waals surface area contributed by atoms with Crippen LogP contribution in [0.3, 0.4) is 0 Å². The van der Waals surface area contributed by atoms with E-state index in [1.165, 1.54) is 0 Å². The van der Waals surface area contributed by atoms with Gasteiger partial charge in [-0.05, 0) is 65.4 Å². The van der Waals surface area contributed by atoms with Crippen LogP contribution in [0.15, 0.2) is 24.3 Å². The van der Waals surface area contributed by atoms with Crippen LogP contribution in [0, 0.1) is 40.9 Å². The fraction of sp³-hybridized carbons (Fsp3) is 0.676. The highest BCUT2D eigenvalue weighted by molar-refractivity contribution is 6.38. The average Bonchev–Trinajstić information content (AvgIpc) is 3.71. The van der Waals surface area contributed by atoms with Gasteiger partial charge in [0.15, 0.2) is 11.6 Å². The average molecular weight is 579 g/mol. The second-order valence-corrected chi connectivity index (χ2v) is 14.1. The maximum absolute atomic E-state index is 14.4. The summed E-state index contributed by atoms with van der Waals surface area (Å²) in [4.78, 5) is 68.4. The van der Waals surface area contributed by atoms with E-state index in [-0.39, 0.29) is 60.2 Å². The van der Waals surface area contributed by atoms with E-state index < -0.39 is 35.7 Å². The molecule has 5 atom stereocenters. The first-order chi connectivity index (χ1) is 19.9. The van der Waals surface area contributed by atoms with Gasteiger partial charge in [0.05, 0.1) is 12.6 Å². The van der Waals surface area contributed by atoms with Crippen molar-refractivity contribution < 1.29 is 28.7 Å². The van der Waals surface area contributed by atoms with Crippen LogP contribution in [-0.4, -0.2) is 59.5 Å². The number of Topliss-reactive ketones (excluding diaryl/α,β-unsaturated/α-hetero) is 3. The quantitative estimate of drug-likeness (QED) is 0.344. The second-order valence-electron chi connectivity index (χ2n) is 14.1. The lowest BCUT2D eigenvalue weighted by Gasteiger charge is -2.35. The van der Waals surface area contributed by atoms with Crippen LogP contribution >= 0.6 is 0 Å². The third-order valence-corrected chi connectivity index (χ3v) is 10.2. The third kappa shape index (κ3) is 6.18. The summed E-state index contributed by atoms with van der Waals surface area (Å²) in [5.41, 5.74) is 2.24. The SMILES string of the molecule is CCC(=O)C(=O)C(CC(=O)[C@@H]1[C@@H]2C(CN1C(=O)[C@@H](NC(=O)OCC(C)C)C1Cc3ccccc3C1)C2(C)C)CC1CC1. The highest BCUT2D eigenvalue weighted by Gasteiger charge is 2.69. The number of carbonyl (C=O) groups excluding carboxylic acids is 5. The first-order valence-electron chi connectivity index (χ1n) is 15.8. The molecule has 3 aliphatic carbocycles. The molecule has 1 heterocycles. The van der Waals surface area contributed by atoms with E-state index in [0.29, 0.717) is 31.7 Å². The van der Waals surface area contributed by atoms with Crippen LogP contribution < -0.4 is 5.32 Å². The van der Waals surface area contributed by atoms with Crippen molar-refractivity contribution in [3.05, 3.63) is 35.4 Å². The molecule has 0 aromatic heterocycles. The molecule has 1 aromatic rings. The van der Waals surface area contributed by atoms with Crippen molar-refractivity contribution in [3.8, 4) is 0 Å². The van der Waals surface area contributed by atoms with Gasteiger partial charge in [-0.25, -0.2) is 4.79 Å². The zero-order valence-electron chi connectivity index (χ0n) is 25.7. The molecular formula is C34H46N2O6. The minimum atomic E-state index is -0.835. The summed E-state index contributed by atoms with van der Waals surface area (Å²) in [6, 6.07) is 6.58. The summed E-state index contributed by atoms with van der Waals surface area (Å²) >= 11 is 0. The summed E-state index contributed by atoms with van der Waals surface area (Å²) in [5.74, 6) is -1.34. The molecule has 8 heteroatoms. The van der Waals surface area contributed by atoms with E-state index in [9.17, 15) is 24.0 Å². The Morgan fingerprint density at radius 2 is 1.69 bits per heavy atom. The Labute approximate surface area is 249 Å². The lowest BCUT2D eigenvalue weighted by Crippen LogP contribution is -2.56. The zero-order chi connectivity index (χ0) is 30.3. The van der Waals surface area contributed by atoms with Gasteiger partial charge in [-0.1, -0.05) is 71.7 Å². The molecular weight excluding hydrogens is 532 g/mol. The van der Waals surface area contributed by atoms with Crippen LogP contribution in [0.25, 0.3) is 0 Å². The van der Waals surface area contributed by atoms with Gasteiger partial charge in [0.2, 0.25) is 11.7 Å². The van der Waals surface area contributed by atoms with Crippen LogP contribution in [0.4, 0.5) is 4.79 Å². The number of ether oxygens (including phenoxy) is 1. The summed E-state index contributed by atoms with van der Waals surface area (Å²) in [6.45, 7) is 10.5. The number of benzene rings is 1. The number of ketones is 3. The molecule has 1 aliphatic heterocycles. The predicted octanol–water partition coefficient (Wildman–Crippen LogP) is 4.56. The number of carbonyl (C=O) groups is 5. The smallest absolute Gasteiger partial charge is 0.407 e. The standard InChI is InChI=1S/C34H46N2O6/c1-6-26(37)31(39)24(13-20-11-12-20)16-27(38)30-28-25(34(28,4)5)17-36(30)32(40)29(35-33(41)42-18-19(2)3)23-14-21-9-7-8-10-22(21)15-23/h7-10,19-20,23-25,28-30H,6,11-18H2,1-5H3,(H,35,41)/t24?,25?,28-,29-,30+/m0/s1. The van der Waals surface area contributed by atoms with Gasteiger partial charge >= 0.3 is 6.09 Å². The monoisotopic (exact) mass is 578 g/mol. The maximum atomic E-state index is 14.4. The topological polar surface area (TPSA) is 110 Å². The lowest BCUT2D eigenvalue weighted by atomic mass is 9.85. The molecule has 228 valence electrons. The van der Waals surface area contributed by atoms with E-state index in [0.717, 1.165) is 24.0 Å².